The Morgan fingerprint density at radius 3 is 2.70 bits per heavy atom. The van der Waals surface area contributed by atoms with Crippen LogP contribution >= 0.6 is 0 Å². The highest BCUT2D eigenvalue weighted by molar-refractivity contribution is 5.93. The summed E-state index contributed by atoms with van der Waals surface area (Å²) < 4.78 is 0. The number of benzene rings is 1. The quantitative estimate of drug-likeness (QED) is 0.298. The molecular formula is C16H20N6O5. The van der Waals surface area contributed by atoms with E-state index in [-0.39, 0.29) is 11.7 Å². The van der Waals surface area contributed by atoms with Crippen molar-refractivity contribution in [2.24, 2.45) is 5.16 Å². The zero-order valence-electron chi connectivity index (χ0n) is 15.3. The molecule has 11 heteroatoms. The van der Waals surface area contributed by atoms with E-state index >= 15 is 0 Å². The second kappa shape index (κ2) is 7.32. The highest BCUT2D eigenvalue weighted by Gasteiger charge is 2.40. The lowest BCUT2D eigenvalue weighted by atomic mass is 9.99. The van der Waals surface area contributed by atoms with Gasteiger partial charge >= 0.3 is 11.2 Å². The number of aromatic nitrogens is 2. The van der Waals surface area contributed by atoms with Crippen molar-refractivity contribution in [2.45, 2.75) is 33.2 Å². The molecule has 1 aromatic heterocycles. The maximum atomic E-state index is 12.1. The number of nitrogen functional groups attached to an aromatic ring is 1. The number of nitrogens with zero attached hydrogens (tertiary/aromatic N) is 4. The maximum Gasteiger partial charge on any atom is 0.379 e. The number of nitro groups is 1. The van der Waals surface area contributed by atoms with Crippen molar-refractivity contribution < 1.29 is 15.0 Å². The highest BCUT2D eigenvalue weighted by Crippen LogP contribution is 2.31. The normalized spacial score (nSPS) is 11.9. The summed E-state index contributed by atoms with van der Waals surface area (Å²) in [4.78, 5) is 34.5. The van der Waals surface area contributed by atoms with Gasteiger partial charge in [-0.25, -0.2) is 0 Å². The van der Waals surface area contributed by atoms with E-state index in [0.29, 0.717) is 5.75 Å². The van der Waals surface area contributed by atoms with Crippen molar-refractivity contribution in [1.29, 1.82) is 0 Å². The summed E-state index contributed by atoms with van der Waals surface area (Å²) in [6.07, 6.45) is 0. The molecule has 0 amide bonds. The molecule has 27 heavy (non-hydrogen) atoms. The maximum absolute atomic E-state index is 12.1. The van der Waals surface area contributed by atoms with E-state index in [2.05, 4.69) is 15.1 Å². The summed E-state index contributed by atoms with van der Waals surface area (Å²) >= 11 is 0. The van der Waals surface area contributed by atoms with E-state index in [9.17, 15) is 20.1 Å². The van der Waals surface area contributed by atoms with Crippen LogP contribution in [0.15, 0.2) is 34.2 Å². The van der Waals surface area contributed by atoms with Crippen molar-refractivity contribution >= 4 is 23.2 Å². The number of hydrogen-bond acceptors (Lipinski definition) is 9. The predicted molar refractivity (Wildman–Crippen MR) is 99.2 cm³/mol. The molecule has 144 valence electrons. The van der Waals surface area contributed by atoms with Crippen molar-refractivity contribution in [3.63, 3.8) is 0 Å². The van der Waals surface area contributed by atoms with Gasteiger partial charge in [0.1, 0.15) is 5.54 Å². The molecule has 1 aromatic carbocycles. The summed E-state index contributed by atoms with van der Waals surface area (Å²) in [6, 6.07) is 6.90. The average Bonchev–Trinajstić information content (AvgIpc) is 2.57. The Bertz CT molecular complexity index is 953. The minimum absolute atomic E-state index is 0.158. The first-order valence-electron chi connectivity index (χ1n) is 7.86. The number of hydroxylamine groups is 1. The molecule has 2 aromatic rings. The molecular weight excluding hydrogens is 356 g/mol. The minimum atomic E-state index is -1.23. The molecule has 0 aliphatic rings. The number of nitrogens with one attached hydrogen (secondary N) is 1. The van der Waals surface area contributed by atoms with Crippen molar-refractivity contribution in [3.8, 4) is 5.75 Å². The van der Waals surface area contributed by atoms with Gasteiger partial charge in [-0.3, -0.25) is 19.9 Å². The monoisotopic (exact) mass is 376 g/mol. The molecule has 0 radical (unpaired) electrons. The summed E-state index contributed by atoms with van der Waals surface area (Å²) in [5.74, 6) is -0.410. The van der Waals surface area contributed by atoms with Crippen LogP contribution in [0.5, 0.6) is 5.75 Å². The number of hydrogen-bond donors (Lipinski definition) is 3. The van der Waals surface area contributed by atoms with Crippen LogP contribution in [0.3, 0.4) is 0 Å². The lowest BCUT2D eigenvalue weighted by Crippen LogP contribution is -2.52. The number of nitrogens with two attached hydrogens (primary N) is 1. The van der Waals surface area contributed by atoms with Gasteiger partial charge in [0.05, 0.1) is 10.6 Å². The van der Waals surface area contributed by atoms with Crippen molar-refractivity contribution in [3.05, 3.63) is 50.3 Å². The third-order valence-corrected chi connectivity index (χ3v) is 4.00. The van der Waals surface area contributed by atoms with E-state index in [1.807, 2.05) is 13.0 Å². The van der Waals surface area contributed by atoms with Crippen LogP contribution in [0, 0.1) is 17.0 Å². The Morgan fingerprint density at radius 1 is 1.48 bits per heavy atom. The van der Waals surface area contributed by atoms with Crippen molar-refractivity contribution in [2.75, 3.05) is 10.8 Å². The summed E-state index contributed by atoms with van der Waals surface area (Å²) in [5.41, 5.74) is 3.51. The van der Waals surface area contributed by atoms with Crippen LogP contribution in [0.2, 0.25) is 0 Å². The predicted octanol–water partition coefficient (Wildman–Crippen LogP) is 2.00. The Morgan fingerprint density at radius 2 is 2.15 bits per heavy atom. The van der Waals surface area contributed by atoms with Gasteiger partial charge in [0.25, 0.3) is 5.82 Å². The largest absolute Gasteiger partial charge is 0.411 e. The zero-order chi connectivity index (χ0) is 20.4. The van der Waals surface area contributed by atoms with Gasteiger partial charge < -0.3 is 15.8 Å². The third-order valence-electron chi connectivity index (χ3n) is 4.00. The summed E-state index contributed by atoms with van der Waals surface area (Å²) in [5, 5.41) is 24.9. The molecule has 2 rings (SSSR count). The second-order valence-electron chi connectivity index (χ2n) is 6.33. The van der Waals surface area contributed by atoms with Crippen molar-refractivity contribution in [1.82, 2.24) is 9.97 Å². The fraction of sp³-hybridized carbons (Fsp3) is 0.312. The van der Waals surface area contributed by atoms with Crippen LogP contribution < -0.4 is 21.2 Å². The second-order valence-corrected chi connectivity index (χ2v) is 6.33. The lowest BCUT2D eigenvalue weighted by molar-refractivity contribution is -0.386. The first kappa shape index (κ1) is 19.7. The first-order chi connectivity index (χ1) is 12.6. The van der Waals surface area contributed by atoms with E-state index in [4.69, 9.17) is 10.6 Å². The van der Waals surface area contributed by atoms with Crippen LogP contribution in [-0.2, 0) is 0 Å². The molecule has 1 heterocycles. The van der Waals surface area contributed by atoms with Crippen LogP contribution in [0.25, 0.3) is 0 Å². The van der Waals surface area contributed by atoms with E-state index in [1.54, 1.807) is 32.0 Å². The fourth-order valence-corrected chi connectivity index (χ4v) is 2.25. The molecule has 0 fully saturated rings. The van der Waals surface area contributed by atoms with Crippen LogP contribution in [0.1, 0.15) is 26.3 Å². The molecule has 0 saturated heterocycles. The molecule has 0 atom stereocenters. The minimum Gasteiger partial charge on any atom is -0.411 e. The molecule has 0 unspecified atom stereocenters. The molecule has 11 nitrogen and oxygen atoms in total. The Kier molecular flexibility index (Phi) is 5.34. The topological polar surface area (TPSA) is 160 Å². The Balaban J connectivity index is 2.74. The SMILES string of the molecule is CC(=NO)C(C)(C)N(Oc1cccc(C)c1)c1nc(N)[nH]c(=O)c1[N+](=O)[O-]. The van der Waals surface area contributed by atoms with Gasteiger partial charge in [0.2, 0.25) is 5.95 Å². The molecule has 0 spiro atoms. The van der Waals surface area contributed by atoms with Gasteiger partial charge in [-0.1, -0.05) is 17.3 Å². The molecule has 0 bridgehead atoms. The number of H-pyrrole nitrogens is 1. The molecule has 0 aliphatic carbocycles. The van der Waals surface area contributed by atoms with E-state index < -0.39 is 27.5 Å². The number of anilines is 2. The smallest absolute Gasteiger partial charge is 0.379 e. The van der Waals surface area contributed by atoms with Gasteiger partial charge in [0, 0.05) is 0 Å². The summed E-state index contributed by atoms with van der Waals surface area (Å²) in [6.45, 7) is 6.50. The number of aromatic amines is 1. The third kappa shape index (κ3) is 3.97. The molecule has 0 saturated carbocycles. The van der Waals surface area contributed by atoms with Gasteiger partial charge in [-0.15, -0.1) is 0 Å². The van der Waals surface area contributed by atoms with Crippen LogP contribution in [0.4, 0.5) is 17.5 Å². The average molecular weight is 376 g/mol. The van der Waals surface area contributed by atoms with Gasteiger partial charge in [-0.05, 0) is 45.4 Å². The zero-order valence-corrected chi connectivity index (χ0v) is 15.3. The summed E-state index contributed by atoms with van der Waals surface area (Å²) in [7, 11) is 0. The standard InChI is InChI=1S/C16H20N6O5/c1-9-6-5-7-11(8-9)27-21(16(3,4)10(2)20-24)13-12(22(25)26)14(23)19-15(17)18-13/h5-8,24H,1-4H3,(H3,17,18,19,23). The number of oxime groups is 1. The van der Waals surface area contributed by atoms with Gasteiger partial charge in [0.15, 0.2) is 5.75 Å². The first-order valence-corrected chi connectivity index (χ1v) is 7.86. The Labute approximate surface area is 154 Å². The number of rotatable bonds is 6. The lowest BCUT2D eigenvalue weighted by Gasteiger charge is -2.36. The van der Waals surface area contributed by atoms with E-state index in [1.165, 1.54) is 6.92 Å². The fourth-order valence-electron chi connectivity index (χ4n) is 2.25. The number of aryl methyl sites for hydroxylation is 1. The van der Waals surface area contributed by atoms with Crippen LogP contribution in [-0.4, -0.2) is 31.3 Å². The highest BCUT2D eigenvalue weighted by atomic mass is 16.7. The van der Waals surface area contributed by atoms with E-state index in [0.717, 1.165) is 10.6 Å². The Hall–Kier alpha value is -3.63. The molecule has 4 N–H and O–H groups in total. The van der Waals surface area contributed by atoms with Gasteiger partial charge in [-0.2, -0.15) is 10.0 Å². The molecule has 0 aliphatic heterocycles.